The van der Waals surface area contributed by atoms with E-state index in [1.807, 2.05) is 0 Å². The van der Waals surface area contributed by atoms with Crippen molar-refractivity contribution in [1.29, 1.82) is 0 Å². The van der Waals surface area contributed by atoms with Crippen LogP contribution in [0.4, 0.5) is 0 Å². The molecule has 0 aromatic heterocycles. The average molecular weight is 180 g/mol. The summed E-state index contributed by atoms with van der Waals surface area (Å²) in [7, 11) is 0. The highest BCUT2D eigenvalue weighted by Gasteiger charge is 2.32. The van der Waals surface area contributed by atoms with Gasteiger partial charge < -0.3 is 5.73 Å². The fourth-order valence-corrected chi connectivity index (χ4v) is 3.70. The van der Waals surface area contributed by atoms with Crippen LogP contribution in [0.3, 0.4) is 0 Å². The Morgan fingerprint density at radius 3 is 2.10 bits per heavy atom. The van der Waals surface area contributed by atoms with E-state index in [-0.39, 0.29) is 12.4 Å². The maximum absolute atomic E-state index is 5.84. The molecule has 2 aliphatic rings. The molecule has 2 unspecified atom stereocenters. The number of fused-ring (bicyclic) bond motifs is 2. The Bertz CT molecular complexity index is 108. The molecule has 2 atom stereocenters. The fraction of sp³-hybridized carbons (Fsp3) is 1.00. The van der Waals surface area contributed by atoms with Crippen LogP contribution >= 0.6 is 24.2 Å². The largest absolute Gasteiger partial charge is 0.328 e. The van der Waals surface area contributed by atoms with Crippen molar-refractivity contribution in [2.75, 3.05) is 0 Å². The zero-order valence-electron chi connectivity index (χ0n) is 5.95. The van der Waals surface area contributed by atoms with Gasteiger partial charge in [0.25, 0.3) is 0 Å². The topological polar surface area (TPSA) is 26.0 Å². The third-order valence-electron chi connectivity index (χ3n) is 2.33. The third-order valence-corrected chi connectivity index (χ3v) is 3.95. The van der Waals surface area contributed by atoms with Crippen LogP contribution in [0.1, 0.15) is 25.7 Å². The lowest BCUT2D eigenvalue weighted by Gasteiger charge is -2.23. The highest BCUT2D eigenvalue weighted by molar-refractivity contribution is 8.00. The van der Waals surface area contributed by atoms with Gasteiger partial charge in [0.1, 0.15) is 0 Å². The molecule has 2 rings (SSSR count). The highest BCUT2D eigenvalue weighted by Crippen LogP contribution is 2.42. The molecular weight excluding hydrogens is 166 g/mol. The van der Waals surface area contributed by atoms with Gasteiger partial charge in [-0.2, -0.15) is 11.8 Å². The van der Waals surface area contributed by atoms with Crippen molar-refractivity contribution in [3.8, 4) is 0 Å². The van der Waals surface area contributed by atoms with Gasteiger partial charge in [0, 0.05) is 16.5 Å². The van der Waals surface area contributed by atoms with Crippen LogP contribution in [-0.4, -0.2) is 16.5 Å². The van der Waals surface area contributed by atoms with E-state index in [9.17, 15) is 0 Å². The molecule has 1 nitrogen and oxygen atoms in total. The quantitative estimate of drug-likeness (QED) is 0.614. The summed E-state index contributed by atoms with van der Waals surface area (Å²) in [4.78, 5) is 0. The Labute approximate surface area is 72.5 Å². The molecule has 0 aromatic rings. The molecule has 0 aliphatic carbocycles. The van der Waals surface area contributed by atoms with Crippen LogP contribution in [0.15, 0.2) is 0 Å². The Morgan fingerprint density at radius 2 is 1.60 bits per heavy atom. The third kappa shape index (κ3) is 1.60. The van der Waals surface area contributed by atoms with Crippen molar-refractivity contribution in [3.05, 3.63) is 0 Å². The molecule has 0 radical (unpaired) electrons. The second kappa shape index (κ2) is 3.33. The molecule has 2 fully saturated rings. The van der Waals surface area contributed by atoms with Gasteiger partial charge in [-0.3, -0.25) is 0 Å². The number of nitrogens with two attached hydrogens (primary N) is 1. The predicted molar refractivity (Wildman–Crippen MR) is 48.9 cm³/mol. The zero-order chi connectivity index (χ0) is 6.27. The highest BCUT2D eigenvalue weighted by atomic mass is 35.5. The fourth-order valence-electron chi connectivity index (χ4n) is 1.90. The van der Waals surface area contributed by atoms with Gasteiger partial charge >= 0.3 is 0 Å². The maximum Gasteiger partial charge on any atom is 0.00649 e. The van der Waals surface area contributed by atoms with Crippen molar-refractivity contribution >= 4 is 24.2 Å². The van der Waals surface area contributed by atoms with E-state index < -0.39 is 0 Å². The Hall–Kier alpha value is 0.600. The van der Waals surface area contributed by atoms with E-state index in [2.05, 4.69) is 11.8 Å². The van der Waals surface area contributed by atoms with Crippen molar-refractivity contribution in [1.82, 2.24) is 0 Å². The molecule has 2 aliphatic heterocycles. The molecule has 60 valence electrons. The molecule has 0 saturated carbocycles. The smallest absolute Gasteiger partial charge is 0.00649 e. The van der Waals surface area contributed by atoms with Crippen LogP contribution in [0.2, 0.25) is 0 Å². The molecule has 0 spiro atoms. The van der Waals surface area contributed by atoms with E-state index in [1.165, 1.54) is 25.7 Å². The molecule has 10 heavy (non-hydrogen) atoms. The summed E-state index contributed by atoms with van der Waals surface area (Å²) in [6.45, 7) is 0. The minimum atomic E-state index is 0. The summed E-state index contributed by atoms with van der Waals surface area (Å²) in [6, 6.07) is 0.531. The second-order valence-electron chi connectivity index (χ2n) is 3.19. The monoisotopic (exact) mass is 179 g/mol. The van der Waals surface area contributed by atoms with Crippen LogP contribution in [-0.2, 0) is 0 Å². The average Bonchev–Trinajstić information content (AvgIpc) is 2.11. The molecule has 3 heteroatoms. The summed E-state index contributed by atoms with van der Waals surface area (Å²) in [5, 5.41) is 1.86. The van der Waals surface area contributed by atoms with Crippen LogP contribution < -0.4 is 5.73 Å². The number of halogens is 1. The molecule has 0 amide bonds. The maximum atomic E-state index is 5.84. The number of thioether (sulfide) groups is 1. The van der Waals surface area contributed by atoms with Crippen molar-refractivity contribution in [2.45, 2.75) is 42.2 Å². The van der Waals surface area contributed by atoms with Crippen LogP contribution in [0, 0.1) is 0 Å². The summed E-state index contributed by atoms with van der Waals surface area (Å²) in [6.07, 6.45) is 5.42. The van der Waals surface area contributed by atoms with Gasteiger partial charge in [0.05, 0.1) is 0 Å². The minimum absolute atomic E-state index is 0. The molecule has 2 heterocycles. The Kier molecular flexibility index (Phi) is 2.90. The molecule has 2 N–H and O–H groups in total. The minimum Gasteiger partial charge on any atom is -0.328 e. The lowest BCUT2D eigenvalue weighted by Crippen LogP contribution is -2.29. The first-order valence-corrected chi connectivity index (χ1v) is 4.70. The Morgan fingerprint density at radius 1 is 1.10 bits per heavy atom. The van der Waals surface area contributed by atoms with Gasteiger partial charge in [-0.15, -0.1) is 12.4 Å². The standard InChI is InChI=1S/C7H13NS.ClH/c8-5-3-6-1-2-7(4-5)9-6;/h5-7H,1-4,8H2;1H. The van der Waals surface area contributed by atoms with E-state index >= 15 is 0 Å². The second-order valence-corrected chi connectivity index (χ2v) is 4.79. The van der Waals surface area contributed by atoms with Gasteiger partial charge in [-0.1, -0.05) is 0 Å². The van der Waals surface area contributed by atoms with E-state index in [0.717, 1.165) is 10.5 Å². The first-order valence-electron chi connectivity index (χ1n) is 3.75. The van der Waals surface area contributed by atoms with Gasteiger partial charge in [0.15, 0.2) is 0 Å². The zero-order valence-corrected chi connectivity index (χ0v) is 7.59. The predicted octanol–water partition coefficient (Wildman–Crippen LogP) is 1.79. The number of hydrogen-bond acceptors (Lipinski definition) is 2. The number of rotatable bonds is 0. The lowest BCUT2D eigenvalue weighted by molar-refractivity contribution is 0.574. The van der Waals surface area contributed by atoms with Gasteiger partial charge in [-0.25, -0.2) is 0 Å². The summed E-state index contributed by atoms with van der Waals surface area (Å²) >= 11 is 2.18. The summed E-state index contributed by atoms with van der Waals surface area (Å²) < 4.78 is 0. The SMILES string of the molecule is Cl.NC1CC2CCC(C1)S2. The Balaban J connectivity index is 0.000000500. The number of hydrogen-bond donors (Lipinski definition) is 1. The van der Waals surface area contributed by atoms with Crippen LogP contribution in [0.5, 0.6) is 0 Å². The van der Waals surface area contributed by atoms with Crippen molar-refractivity contribution in [3.63, 3.8) is 0 Å². The van der Waals surface area contributed by atoms with Gasteiger partial charge in [-0.05, 0) is 25.7 Å². The first kappa shape index (κ1) is 8.69. The van der Waals surface area contributed by atoms with Gasteiger partial charge in [0.2, 0.25) is 0 Å². The molecular formula is C7H14ClNS. The normalized spacial score (nSPS) is 44.7. The first-order chi connectivity index (χ1) is 4.34. The molecule has 0 aromatic carbocycles. The van der Waals surface area contributed by atoms with E-state index in [4.69, 9.17) is 5.73 Å². The lowest BCUT2D eigenvalue weighted by atomic mass is 10.1. The summed E-state index contributed by atoms with van der Waals surface area (Å²) in [5.41, 5.74) is 5.84. The van der Waals surface area contributed by atoms with Crippen molar-refractivity contribution < 1.29 is 0 Å². The molecule has 2 bridgehead atoms. The summed E-state index contributed by atoms with van der Waals surface area (Å²) in [5.74, 6) is 0. The van der Waals surface area contributed by atoms with E-state index in [0.29, 0.717) is 6.04 Å². The molecule has 2 saturated heterocycles. The van der Waals surface area contributed by atoms with Crippen LogP contribution in [0.25, 0.3) is 0 Å². The van der Waals surface area contributed by atoms with E-state index in [1.54, 1.807) is 0 Å². The van der Waals surface area contributed by atoms with Crippen molar-refractivity contribution in [2.24, 2.45) is 5.73 Å².